The summed E-state index contributed by atoms with van der Waals surface area (Å²) in [5.41, 5.74) is 0.475. The first-order chi connectivity index (χ1) is 8.83. The second-order valence-corrected chi connectivity index (χ2v) is 4.81. The first kappa shape index (κ1) is 11.0. The predicted molar refractivity (Wildman–Crippen MR) is 70.7 cm³/mol. The first-order valence-electron chi connectivity index (χ1n) is 5.39. The summed E-state index contributed by atoms with van der Waals surface area (Å²) >= 11 is 1.62. The molecule has 0 aliphatic rings. The third-order valence-electron chi connectivity index (χ3n) is 2.50. The summed E-state index contributed by atoms with van der Waals surface area (Å²) in [6, 6.07) is 9.69. The molecule has 0 aliphatic heterocycles. The fourth-order valence-corrected chi connectivity index (χ4v) is 2.61. The molecule has 0 atom stereocenters. The van der Waals surface area contributed by atoms with Crippen LogP contribution in [0.1, 0.15) is 0 Å². The number of nitrogens with zero attached hydrogens (tertiary/aromatic N) is 2. The Balaban J connectivity index is 2.10. The van der Waals surface area contributed by atoms with Crippen LogP contribution in [0.3, 0.4) is 0 Å². The van der Waals surface area contributed by atoms with Crippen molar-refractivity contribution in [2.75, 3.05) is 0 Å². The Morgan fingerprint density at radius 3 is 2.78 bits per heavy atom. The van der Waals surface area contributed by atoms with Gasteiger partial charge in [-0.05, 0) is 24.3 Å². The molecule has 0 spiro atoms. The van der Waals surface area contributed by atoms with E-state index in [4.69, 9.17) is 0 Å². The largest absolute Gasteiger partial charge is 0.345 e. The number of aromatic amines is 1. The van der Waals surface area contributed by atoms with E-state index >= 15 is 0 Å². The van der Waals surface area contributed by atoms with Crippen molar-refractivity contribution in [3.63, 3.8) is 0 Å². The van der Waals surface area contributed by atoms with E-state index in [0.29, 0.717) is 0 Å². The average Bonchev–Trinajstić information content (AvgIpc) is 2.40. The maximum absolute atomic E-state index is 11.2. The molecule has 0 bridgehead atoms. The second kappa shape index (κ2) is 4.62. The van der Waals surface area contributed by atoms with Crippen LogP contribution in [0.15, 0.2) is 63.5 Å². The maximum atomic E-state index is 11.2. The molecule has 2 heterocycles. The molecule has 3 aromatic rings. The standard InChI is InChI=1S/C13H9N3OS/c17-13-15-8-10-11(16-13)2-1-3-12(10)18-9-4-6-14-7-5-9/h1-8H,(H,15,16,17). The third kappa shape index (κ3) is 2.12. The van der Waals surface area contributed by atoms with Crippen molar-refractivity contribution in [3.05, 3.63) is 59.4 Å². The summed E-state index contributed by atoms with van der Waals surface area (Å²) < 4.78 is 0. The summed E-state index contributed by atoms with van der Waals surface area (Å²) in [6.45, 7) is 0. The summed E-state index contributed by atoms with van der Waals surface area (Å²) in [7, 11) is 0. The van der Waals surface area contributed by atoms with E-state index in [1.165, 1.54) is 0 Å². The lowest BCUT2D eigenvalue weighted by Crippen LogP contribution is -2.08. The van der Waals surface area contributed by atoms with E-state index in [1.54, 1.807) is 30.4 Å². The lowest BCUT2D eigenvalue weighted by atomic mass is 10.2. The highest BCUT2D eigenvalue weighted by molar-refractivity contribution is 7.99. The minimum absolute atomic E-state index is 0.325. The Labute approximate surface area is 107 Å². The summed E-state index contributed by atoms with van der Waals surface area (Å²) in [5, 5.41) is 0.943. The summed E-state index contributed by atoms with van der Waals surface area (Å²) in [5.74, 6) is 0. The van der Waals surface area contributed by atoms with E-state index in [-0.39, 0.29) is 5.69 Å². The van der Waals surface area contributed by atoms with Gasteiger partial charge in [-0.1, -0.05) is 17.8 Å². The van der Waals surface area contributed by atoms with Crippen molar-refractivity contribution < 1.29 is 0 Å². The van der Waals surface area contributed by atoms with Gasteiger partial charge in [0.1, 0.15) is 0 Å². The predicted octanol–water partition coefficient (Wildman–Crippen LogP) is 2.47. The number of rotatable bonds is 2. The zero-order valence-electron chi connectivity index (χ0n) is 9.33. The Bertz CT molecular complexity index is 740. The minimum atomic E-state index is -0.325. The molecule has 2 aromatic heterocycles. The van der Waals surface area contributed by atoms with Crippen LogP contribution in [0, 0.1) is 0 Å². The molecule has 88 valence electrons. The van der Waals surface area contributed by atoms with Gasteiger partial charge in [0.05, 0.1) is 5.52 Å². The van der Waals surface area contributed by atoms with Crippen LogP contribution >= 0.6 is 11.8 Å². The number of hydrogen-bond acceptors (Lipinski definition) is 4. The van der Waals surface area contributed by atoms with Gasteiger partial charge in [-0.2, -0.15) is 0 Å². The number of H-pyrrole nitrogens is 1. The molecule has 1 N–H and O–H groups in total. The van der Waals surface area contributed by atoms with E-state index in [9.17, 15) is 4.79 Å². The van der Waals surface area contributed by atoms with Gasteiger partial charge in [0, 0.05) is 33.8 Å². The van der Waals surface area contributed by atoms with Crippen molar-refractivity contribution >= 4 is 22.7 Å². The fraction of sp³-hybridized carbons (Fsp3) is 0. The maximum Gasteiger partial charge on any atom is 0.345 e. The van der Waals surface area contributed by atoms with Crippen LogP contribution < -0.4 is 5.69 Å². The van der Waals surface area contributed by atoms with Crippen LogP contribution in [0.25, 0.3) is 10.9 Å². The number of benzene rings is 1. The van der Waals surface area contributed by atoms with Crippen molar-refractivity contribution in [3.8, 4) is 0 Å². The van der Waals surface area contributed by atoms with Crippen LogP contribution in [0.5, 0.6) is 0 Å². The molecule has 4 nitrogen and oxygen atoms in total. The molecule has 1 aromatic carbocycles. The van der Waals surface area contributed by atoms with Crippen LogP contribution in [0.4, 0.5) is 0 Å². The summed E-state index contributed by atoms with van der Waals surface area (Å²) in [4.78, 5) is 23.8. The number of pyridine rings is 1. The monoisotopic (exact) mass is 255 g/mol. The Morgan fingerprint density at radius 1 is 1.11 bits per heavy atom. The Kier molecular flexibility index (Phi) is 2.82. The molecule has 0 fully saturated rings. The van der Waals surface area contributed by atoms with Crippen molar-refractivity contribution in [2.45, 2.75) is 9.79 Å². The van der Waals surface area contributed by atoms with Crippen molar-refractivity contribution in [2.24, 2.45) is 0 Å². The lowest BCUT2D eigenvalue weighted by molar-refractivity contribution is 1.11. The molecule has 5 heteroatoms. The van der Waals surface area contributed by atoms with Crippen molar-refractivity contribution in [1.29, 1.82) is 0 Å². The zero-order valence-corrected chi connectivity index (χ0v) is 10.1. The molecule has 18 heavy (non-hydrogen) atoms. The Morgan fingerprint density at radius 2 is 1.94 bits per heavy atom. The second-order valence-electron chi connectivity index (χ2n) is 3.69. The minimum Gasteiger partial charge on any atom is -0.305 e. The molecule has 3 rings (SSSR count). The van der Waals surface area contributed by atoms with E-state index in [0.717, 1.165) is 20.7 Å². The van der Waals surface area contributed by atoms with Crippen LogP contribution in [0.2, 0.25) is 0 Å². The van der Waals surface area contributed by atoms with Gasteiger partial charge >= 0.3 is 5.69 Å². The van der Waals surface area contributed by atoms with E-state index in [2.05, 4.69) is 15.0 Å². The van der Waals surface area contributed by atoms with E-state index < -0.39 is 0 Å². The normalized spacial score (nSPS) is 10.7. The first-order valence-corrected chi connectivity index (χ1v) is 6.20. The van der Waals surface area contributed by atoms with Gasteiger partial charge in [0.25, 0.3) is 0 Å². The topological polar surface area (TPSA) is 58.6 Å². The van der Waals surface area contributed by atoms with Gasteiger partial charge < -0.3 is 4.98 Å². The number of fused-ring (bicyclic) bond motifs is 1. The van der Waals surface area contributed by atoms with Gasteiger partial charge in [-0.15, -0.1) is 0 Å². The number of hydrogen-bond donors (Lipinski definition) is 1. The van der Waals surface area contributed by atoms with Gasteiger partial charge in [-0.25, -0.2) is 9.78 Å². The van der Waals surface area contributed by atoms with Crippen LogP contribution in [-0.2, 0) is 0 Å². The SMILES string of the molecule is O=c1ncc2c(Sc3ccncc3)cccc2[nH]1. The quantitative estimate of drug-likeness (QED) is 0.764. The highest BCUT2D eigenvalue weighted by Gasteiger charge is 2.03. The van der Waals surface area contributed by atoms with Crippen LogP contribution in [-0.4, -0.2) is 15.0 Å². The van der Waals surface area contributed by atoms with Gasteiger partial charge in [-0.3, -0.25) is 4.98 Å². The molecular formula is C13H9N3OS. The Hall–Kier alpha value is -2.14. The molecule has 0 unspecified atom stereocenters. The highest BCUT2D eigenvalue weighted by atomic mass is 32.2. The van der Waals surface area contributed by atoms with E-state index in [1.807, 2.05) is 30.3 Å². The highest BCUT2D eigenvalue weighted by Crippen LogP contribution is 2.31. The molecular weight excluding hydrogens is 246 g/mol. The fourth-order valence-electron chi connectivity index (χ4n) is 1.68. The van der Waals surface area contributed by atoms with Gasteiger partial charge in [0.2, 0.25) is 0 Å². The molecule has 0 saturated carbocycles. The third-order valence-corrected chi connectivity index (χ3v) is 3.58. The molecule has 0 aliphatic carbocycles. The van der Waals surface area contributed by atoms with Crippen molar-refractivity contribution in [1.82, 2.24) is 15.0 Å². The summed E-state index contributed by atoms with van der Waals surface area (Å²) in [6.07, 6.45) is 5.12. The molecule has 0 amide bonds. The number of nitrogens with one attached hydrogen (secondary N) is 1. The zero-order chi connectivity index (χ0) is 12.4. The lowest BCUT2D eigenvalue weighted by Gasteiger charge is -2.04. The number of aromatic nitrogens is 3. The average molecular weight is 255 g/mol. The smallest absolute Gasteiger partial charge is 0.305 e. The molecule has 0 saturated heterocycles. The molecule has 0 radical (unpaired) electrons. The van der Waals surface area contributed by atoms with Gasteiger partial charge in [0.15, 0.2) is 0 Å².